The molecule has 0 saturated heterocycles. The van der Waals surface area contributed by atoms with Crippen LogP contribution in [-0.4, -0.2) is 11.1 Å². The largest absolute Gasteiger partial charge is 0.478 e. The zero-order valence-corrected chi connectivity index (χ0v) is 10.5. The van der Waals surface area contributed by atoms with E-state index < -0.39 is 5.97 Å². The lowest BCUT2D eigenvalue weighted by Crippen LogP contribution is -1.90. The average Bonchev–Trinajstić information content (AvgIpc) is 2.39. The smallest absolute Gasteiger partial charge is 0.328 e. The van der Waals surface area contributed by atoms with Gasteiger partial charge in [-0.05, 0) is 36.8 Å². The third kappa shape index (κ3) is 3.71. The molecule has 2 rings (SSSR count). The topological polar surface area (TPSA) is 46.5 Å². The van der Waals surface area contributed by atoms with Crippen molar-refractivity contribution in [2.24, 2.45) is 0 Å². The van der Waals surface area contributed by atoms with Crippen LogP contribution in [0.2, 0.25) is 0 Å². The summed E-state index contributed by atoms with van der Waals surface area (Å²) in [7, 11) is 0. The van der Waals surface area contributed by atoms with E-state index in [4.69, 9.17) is 9.84 Å². The number of aryl methyl sites for hydroxylation is 1. The molecule has 3 heteroatoms. The van der Waals surface area contributed by atoms with Gasteiger partial charge in [0.1, 0.15) is 11.5 Å². The molecule has 2 aromatic carbocycles. The van der Waals surface area contributed by atoms with E-state index in [0.29, 0.717) is 5.75 Å². The number of hydrogen-bond donors (Lipinski definition) is 1. The van der Waals surface area contributed by atoms with Crippen LogP contribution in [0.5, 0.6) is 11.5 Å². The molecule has 1 N–H and O–H groups in total. The summed E-state index contributed by atoms with van der Waals surface area (Å²) in [6.45, 7) is 1.96. The first-order chi connectivity index (χ1) is 9.15. The Bertz CT molecular complexity index is 601. The van der Waals surface area contributed by atoms with E-state index in [-0.39, 0.29) is 0 Å². The fourth-order valence-electron chi connectivity index (χ4n) is 1.64. The summed E-state index contributed by atoms with van der Waals surface area (Å²) in [4.78, 5) is 10.6. The second kappa shape index (κ2) is 5.87. The molecule has 0 aliphatic rings. The maximum atomic E-state index is 10.6. The fourth-order valence-corrected chi connectivity index (χ4v) is 1.64. The van der Waals surface area contributed by atoms with Gasteiger partial charge in [0.2, 0.25) is 0 Å². The Hall–Kier alpha value is -2.55. The van der Waals surface area contributed by atoms with Gasteiger partial charge < -0.3 is 9.84 Å². The minimum Gasteiger partial charge on any atom is -0.478 e. The highest BCUT2D eigenvalue weighted by molar-refractivity contribution is 5.86. The number of ether oxygens (including phenoxy) is 1. The van der Waals surface area contributed by atoms with Gasteiger partial charge in [-0.2, -0.15) is 0 Å². The van der Waals surface area contributed by atoms with Crippen LogP contribution in [0.1, 0.15) is 11.1 Å². The Morgan fingerprint density at radius 3 is 2.58 bits per heavy atom. The highest BCUT2D eigenvalue weighted by Gasteiger charge is 2.03. The lowest BCUT2D eigenvalue weighted by molar-refractivity contribution is -0.131. The summed E-state index contributed by atoms with van der Waals surface area (Å²) >= 11 is 0. The first-order valence-corrected chi connectivity index (χ1v) is 5.90. The molecule has 0 spiro atoms. The van der Waals surface area contributed by atoms with E-state index in [1.807, 2.05) is 55.5 Å². The molecule has 0 radical (unpaired) electrons. The van der Waals surface area contributed by atoms with Gasteiger partial charge in [-0.3, -0.25) is 0 Å². The fraction of sp³-hybridized carbons (Fsp3) is 0.0625. The molecule has 0 heterocycles. The maximum absolute atomic E-state index is 10.6. The van der Waals surface area contributed by atoms with Gasteiger partial charge >= 0.3 is 5.97 Å². The number of carbonyl (C=O) groups is 1. The molecule has 0 aromatic heterocycles. The molecule has 0 bridgehead atoms. The number of rotatable bonds is 4. The van der Waals surface area contributed by atoms with Gasteiger partial charge in [-0.15, -0.1) is 0 Å². The number of carboxylic acids is 1. The molecule has 19 heavy (non-hydrogen) atoms. The average molecular weight is 254 g/mol. The first-order valence-electron chi connectivity index (χ1n) is 5.90. The monoisotopic (exact) mass is 254 g/mol. The predicted molar refractivity (Wildman–Crippen MR) is 74.4 cm³/mol. The summed E-state index contributed by atoms with van der Waals surface area (Å²) in [6, 6.07) is 15.0. The molecule has 0 aliphatic carbocycles. The van der Waals surface area contributed by atoms with Crippen LogP contribution in [0.15, 0.2) is 54.6 Å². The summed E-state index contributed by atoms with van der Waals surface area (Å²) in [5.74, 6) is 0.382. The van der Waals surface area contributed by atoms with Gasteiger partial charge in [0.15, 0.2) is 0 Å². The SMILES string of the molecule is Cc1ccc(C=CC(=O)O)c(Oc2ccccc2)c1. The van der Waals surface area contributed by atoms with Crippen LogP contribution in [-0.2, 0) is 4.79 Å². The van der Waals surface area contributed by atoms with E-state index in [1.54, 1.807) is 0 Å². The minimum atomic E-state index is -0.980. The number of carboxylic acid groups (broad SMARTS) is 1. The lowest BCUT2D eigenvalue weighted by atomic mass is 10.1. The van der Waals surface area contributed by atoms with Gasteiger partial charge in [0.05, 0.1) is 0 Å². The third-order valence-corrected chi connectivity index (χ3v) is 2.55. The van der Waals surface area contributed by atoms with E-state index in [0.717, 1.165) is 23.0 Å². The van der Waals surface area contributed by atoms with Crippen molar-refractivity contribution < 1.29 is 14.6 Å². The second-order valence-corrected chi connectivity index (χ2v) is 4.13. The van der Waals surface area contributed by atoms with Crippen molar-refractivity contribution in [1.29, 1.82) is 0 Å². The first kappa shape index (κ1) is 12.9. The highest BCUT2D eigenvalue weighted by atomic mass is 16.5. The van der Waals surface area contributed by atoms with Crippen molar-refractivity contribution in [2.45, 2.75) is 6.92 Å². The molecular formula is C16H14O3. The van der Waals surface area contributed by atoms with Crippen LogP contribution >= 0.6 is 0 Å². The standard InChI is InChI=1S/C16H14O3/c1-12-7-8-13(9-10-16(17)18)15(11-12)19-14-5-3-2-4-6-14/h2-11H,1H3,(H,17,18). The molecular weight excluding hydrogens is 240 g/mol. The lowest BCUT2D eigenvalue weighted by Gasteiger charge is -2.09. The molecule has 0 saturated carbocycles. The van der Waals surface area contributed by atoms with Crippen molar-refractivity contribution >= 4 is 12.0 Å². The van der Waals surface area contributed by atoms with Crippen LogP contribution in [0.3, 0.4) is 0 Å². The van der Waals surface area contributed by atoms with E-state index in [2.05, 4.69) is 0 Å². The van der Waals surface area contributed by atoms with Gasteiger partial charge in [0, 0.05) is 11.6 Å². The van der Waals surface area contributed by atoms with Crippen LogP contribution in [0, 0.1) is 6.92 Å². The molecule has 0 aliphatic heterocycles. The molecule has 0 unspecified atom stereocenters. The summed E-state index contributed by atoms with van der Waals surface area (Å²) in [5, 5.41) is 8.68. The van der Waals surface area contributed by atoms with Crippen molar-refractivity contribution in [3.8, 4) is 11.5 Å². The number of aliphatic carboxylic acids is 1. The Kier molecular flexibility index (Phi) is 3.98. The Morgan fingerprint density at radius 1 is 1.16 bits per heavy atom. The molecule has 2 aromatic rings. The van der Waals surface area contributed by atoms with Crippen molar-refractivity contribution in [2.75, 3.05) is 0 Å². The molecule has 0 amide bonds. The zero-order valence-electron chi connectivity index (χ0n) is 10.5. The number of benzene rings is 2. The normalized spacial score (nSPS) is 10.6. The van der Waals surface area contributed by atoms with Crippen LogP contribution < -0.4 is 4.74 Å². The van der Waals surface area contributed by atoms with Crippen LogP contribution in [0.4, 0.5) is 0 Å². The summed E-state index contributed by atoms with van der Waals surface area (Å²) < 4.78 is 5.78. The Morgan fingerprint density at radius 2 is 1.89 bits per heavy atom. The maximum Gasteiger partial charge on any atom is 0.328 e. The van der Waals surface area contributed by atoms with Crippen LogP contribution in [0.25, 0.3) is 6.08 Å². The molecule has 0 atom stereocenters. The molecule has 0 fully saturated rings. The van der Waals surface area contributed by atoms with E-state index >= 15 is 0 Å². The predicted octanol–water partition coefficient (Wildman–Crippen LogP) is 3.89. The quantitative estimate of drug-likeness (QED) is 0.842. The second-order valence-electron chi connectivity index (χ2n) is 4.13. The Labute approximate surface area is 111 Å². The highest BCUT2D eigenvalue weighted by Crippen LogP contribution is 2.27. The van der Waals surface area contributed by atoms with Crippen molar-refractivity contribution in [3.63, 3.8) is 0 Å². The summed E-state index contributed by atoms with van der Waals surface area (Å²) in [5.41, 5.74) is 1.79. The van der Waals surface area contributed by atoms with Gasteiger partial charge in [-0.1, -0.05) is 30.3 Å². The molecule has 96 valence electrons. The van der Waals surface area contributed by atoms with Gasteiger partial charge in [0.25, 0.3) is 0 Å². The number of hydrogen-bond acceptors (Lipinski definition) is 2. The summed E-state index contributed by atoms with van der Waals surface area (Å²) in [6.07, 6.45) is 2.63. The molecule has 3 nitrogen and oxygen atoms in total. The van der Waals surface area contributed by atoms with E-state index in [1.165, 1.54) is 6.08 Å². The van der Waals surface area contributed by atoms with Crippen molar-refractivity contribution in [3.05, 3.63) is 65.7 Å². The number of para-hydroxylation sites is 1. The zero-order chi connectivity index (χ0) is 13.7. The third-order valence-electron chi connectivity index (χ3n) is 2.55. The van der Waals surface area contributed by atoms with Gasteiger partial charge in [-0.25, -0.2) is 4.79 Å². The minimum absolute atomic E-state index is 0.642. The Balaban J connectivity index is 2.32. The van der Waals surface area contributed by atoms with E-state index in [9.17, 15) is 4.79 Å². The van der Waals surface area contributed by atoms with Crippen molar-refractivity contribution in [1.82, 2.24) is 0 Å².